The maximum Gasteiger partial charge on any atom is 1.00 e. The van der Waals surface area contributed by atoms with E-state index in [2.05, 4.69) is 45.4 Å². The zero-order valence-corrected chi connectivity index (χ0v) is 44.4. The van der Waals surface area contributed by atoms with Crippen LogP contribution < -0.4 is 158 Å². The molecule has 15 nitrogen and oxygen atoms in total. The number of benzene rings is 2. The number of thioether (sulfide) groups is 2. The molecule has 2 aromatic carbocycles. The molecule has 6 rings (SSSR count). The molecule has 2 amide bonds. The number of hydrogen-bond donors (Lipinski definition) is 3. The van der Waals surface area contributed by atoms with E-state index in [-0.39, 0.29) is 163 Å². The summed E-state index contributed by atoms with van der Waals surface area (Å²) >= 11 is 8.63. The molecule has 0 aliphatic carbocycles. The normalized spacial score (nSPS) is 9.47. The fourth-order valence-corrected chi connectivity index (χ4v) is 4.63. The molecule has 0 bridgehead atoms. The summed E-state index contributed by atoms with van der Waals surface area (Å²) in [5.41, 5.74) is 2.35. The zero-order valence-electron chi connectivity index (χ0n) is 30.4. The van der Waals surface area contributed by atoms with E-state index in [9.17, 15) is 14.7 Å². The molecule has 0 spiro atoms. The van der Waals surface area contributed by atoms with Gasteiger partial charge in [-0.3, -0.25) is 24.4 Å². The molecule has 0 atom stereocenters. The molecule has 0 aliphatic rings. The van der Waals surface area contributed by atoms with Crippen molar-refractivity contribution in [1.29, 1.82) is 0 Å². The van der Waals surface area contributed by atoms with E-state index in [1.165, 1.54) is 42.0 Å². The molecular weight excluding hydrogens is 986 g/mol. The molecule has 266 valence electrons. The topological polar surface area (TPSA) is 214 Å². The number of fused-ring (bicyclic) bond motifs is 2. The van der Waals surface area contributed by atoms with Gasteiger partial charge < -0.3 is 32.0 Å². The summed E-state index contributed by atoms with van der Waals surface area (Å²) in [6.07, 6.45) is 10.4. The minimum atomic E-state index is -0.257. The second-order valence-electron chi connectivity index (χ2n) is 9.37. The van der Waals surface area contributed by atoms with Gasteiger partial charge in [-0.2, -0.15) is 0 Å². The second-order valence-corrected chi connectivity index (χ2v) is 11.3. The third-order valence-electron chi connectivity index (χ3n) is 6.08. The van der Waals surface area contributed by atoms with Gasteiger partial charge in [0.15, 0.2) is 10.3 Å². The minimum Gasteiger partial charge on any atom is -1.00 e. The Hall–Kier alpha value is -1.52. The summed E-state index contributed by atoms with van der Waals surface area (Å²) in [5, 5.41) is 26.3. The first-order valence-electron chi connectivity index (χ1n) is 14.4. The fourth-order valence-electron chi connectivity index (χ4n) is 3.78. The molecule has 0 aliphatic heterocycles. The Bertz CT molecular complexity index is 2120. The number of aromatic hydroxyl groups is 1. The van der Waals surface area contributed by atoms with Gasteiger partial charge in [0.05, 0.1) is 11.0 Å². The molecule has 4 aromatic heterocycles. The van der Waals surface area contributed by atoms with Crippen LogP contribution in [0.4, 0.5) is 0 Å². The zero-order chi connectivity index (χ0) is 37.2. The van der Waals surface area contributed by atoms with Crippen molar-refractivity contribution in [3.8, 4) is 17.2 Å². The van der Waals surface area contributed by atoms with Gasteiger partial charge in [0.25, 0.3) is 18.3 Å². The van der Waals surface area contributed by atoms with Gasteiger partial charge >= 0.3 is 138 Å². The third kappa shape index (κ3) is 17.0. The number of carbonyl (C=O) groups excluding carboxylic acids is 3. The Kier molecular flexibility index (Phi) is 25.4. The smallest absolute Gasteiger partial charge is 1.00 e. The number of pyridine rings is 2. The van der Waals surface area contributed by atoms with Gasteiger partial charge in [-0.25, -0.2) is 19.9 Å². The van der Waals surface area contributed by atoms with E-state index in [1.807, 2.05) is 30.7 Å². The molecule has 3 N–H and O–H groups in total. The number of halogens is 1. The Morgan fingerprint density at radius 3 is 1.77 bits per heavy atom. The van der Waals surface area contributed by atoms with Crippen molar-refractivity contribution >= 4 is 75.2 Å². The molecule has 20 heteroatoms. The standard InChI is InChI=1S/C16H14N4O2S.C9H8N2OS.C7H7ClN2O.CH2O3.2Cs.H/c1-17-15(21)14-8-12(5-6-18-14)22-11-3-4-13-10(7-11)9-19-16(20-13)23-2;1-13-9-10-5-6-4-7(12)2-3-8(6)11-9;1-9-7(11)6-4-5(8)2-3-10-6;2-1-4-3;;;/h3-9H,1-2H3,(H,17,21);2-5,12H,1H3;2-4H,1H3,(H,9,11);1,3H;;;/q;;;;2*+1;-1/p-1. The molecular formula is C33H31ClCs2N8O7S2. The summed E-state index contributed by atoms with van der Waals surface area (Å²) in [5.74, 6) is 0.944. The number of carbonyl (C=O) groups is 3. The van der Waals surface area contributed by atoms with Crippen molar-refractivity contribution in [1.82, 2.24) is 40.5 Å². The first-order chi connectivity index (χ1) is 24.6. The van der Waals surface area contributed by atoms with Crippen molar-refractivity contribution in [2.45, 2.75) is 10.3 Å². The van der Waals surface area contributed by atoms with E-state index >= 15 is 0 Å². The van der Waals surface area contributed by atoms with Gasteiger partial charge in [0, 0.05) is 60.7 Å². The van der Waals surface area contributed by atoms with Crippen molar-refractivity contribution in [3.63, 3.8) is 0 Å². The molecule has 6 aromatic rings. The van der Waals surface area contributed by atoms with Gasteiger partial charge in [0.2, 0.25) is 0 Å². The largest absolute Gasteiger partial charge is 1.00 e. The quantitative estimate of drug-likeness (QED) is 0.0552. The second kappa shape index (κ2) is 27.1. The Labute approximate surface area is 437 Å². The van der Waals surface area contributed by atoms with Gasteiger partial charge in [-0.15, -0.1) is 0 Å². The van der Waals surface area contributed by atoms with E-state index in [0.717, 1.165) is 32.1 Å². The van der Waals surface area contributed by atoms with Crippen LogP contribution in [-0.2, 0) is 9.68 Å². The van der Waals surface area contributed by atoms with Crippen LogP contribution in [0.1, 0.15) is 22.4 Å². The van der Waals surface area contributed by atoms with E-state index in [4.69, 9.17) is 26.4 Å². The number of rotatable bonds is 7. The molecule has 0 saturated heterocycles. The van der Waals surface area contributed by atoms with E-state index in [0.29, 0.717) is 27.9 Å². The van der Waals surface area contributed by atoms with Crippen molar-refractivity contribution in [2.75, 3.05) is 26.6 Å². The number of phenols is 1. The minimum absolute atomic E-state index is 0. The number of nitrogens with one attached hydrogen (secondary N) is 2. The SMILES string of the molecule is CNC(=O)c1cc(Cl)ccn1.CNC(=O)c1cc(Oc2ccc3nc(SC)ncc3c2)ccn1.CSc1ncc2cc(O)ccc2n1.O=CO[O-].[Cs+].[Cs+].[H-]. The van der Waals surface area contributed by atoms with Crippen molar-refractivity contribution < 1.29 is 174 Å². The summed E-state index contributed by atoms with van der Waals surface area (Å²) in [4.78, 5) is 58.7. The Morgan fingerprint density at radius 2 is 1.26 bits per heavy atom. The van der Waals surface area contributed by atoms with E-state index in [1.54, 1.807) is 62.9 Å². The van der Waals surface area contributed by atoms with Crippen LogP contribution in [0, 0.1) is 0 Å². The number of hydrogen-bond acceptors (Lipinski definition) is 15. The first kappa shape index (κ1) is 49.5. The average molecular weight is 1020 g/mol. The maximum atomic E-state index is 11.6. The number of aromatic nitrogens is 6. The van der Waals surface area contributed by atoms with Crippen molar-refractivity contribution in [2.24, 2.45) is 0 Å². The Morgan fingerprint density at radius 1 is 0.774 bits per heavy atom. The number of phenolic OH excluding ortho intramolecular Hbond substituents is 1. The predicted molar refractivity (Wildman–Crippen MR) is 193 cm³/mol. The summed E-state index contributed by atoms with van der Waals surface area (Å²) in [6, 6.07) is 17.1. The predicted octanol–water partition coefficient (Wildman–Crippen LogP) is -1.39. The van der Waals surface area contributed by atoms with Gasteiger partial charge in [-0.05, 0) is 67.1 Å². The molecule has 0 fully saturated rings. The molecule has 4 heterocycles. The maximum absolute atomic E-state index is 11.6. The van der Waals surface area contributed by atoms with Crippen LogP contribution in [0.25, 0.3) is 21.8 Å². The van der Waals surface area contributed by atoms with Crippen LogP contribution in [0.2, 0.25) is 5.02 Å². The molecule has 0 unspecified atom stereocenters. The summed E-state index contributed by atoms with van der Waals surface area (Å²) in [7, 11) is 3.11. The van der Waals surface area contributed by atoms with Gasteiger partial charge in [-0.1, -0.05) is 35.1 Å². The van der Waals surface area contributed by atoms with Gasteiger partial charge in [0.1, 0.15) is 28.6 Å². The average Bonchev–Trinajstić information content (AvgIpc) is 3.17. The summed E-state index contributed by atoms with van der Waals surface area (Å²) < 4.78 is 5.80. The molecule has 0 saturated carbocycles. The van der Waals surface area contributed by atoms with Crippen LogP contribution >= 0.6 is 35.1 Å². The van der Waals surface area contributed by atoms with E-state index < -0.39 is 0 Å². The first-order valence-corrected chi connectivity index (χ1v) is 17.2. The number of nitrogens with zero attached hydrogens (tertiary/aromatic N) is 6. The summed E-state index contributed by atoms with van der Waals surface area (Å²) in [6.45, 7) is -0.181. The molecule has 53 heavy (non-hydrogen) atoms. The van der Waals surface area contributed by atoms with Crippen LogP contribution in [0.15, 0.2) is 95.8 Å². The molecule has 0 radical (unpaired) electrons. The number of ether oxygens (including phenoxy) is 1. The third-order valence-corrected chi connectivity index (χ3v) is 7.44. The van der Waals surface area contributed by atoms with Crippen LogP contribution in [0.3, 0.4) is 0 Å². The van der Waals surface area contributed by atoms with Crippen molar-refractivity contribution in [3.05, 3.63) is 102 Å². The Balaban J connectivity index is 0.000000776. The van der Waals surface area contributed by atoms with Crippen LogP contribution in [-0.4, -0.2) is 79.9 Å². The van der Waals surface area contributed by atoms with Crippen LogP contribution in [0.5, 0.6) is 17.2 Å². The monoisotopic (exact) mass is 1020 g/mol. The number of amides is 2. The fraction of sp³-hybridized carbons (Fsp3) is 0.121.